The lowest BCUT2D eigenvalue weighted by molar-refractivity contribution is 0.945. The first-order valence-electron chi connectivity index (χ1n) is 6.00. The number of benzene rings is 1. The number of anilines is 1. The van der Waals surface area contributed by atoms with Crippen LogP contribution in [0.15, 0.2) is 51.4 Å². The Balaban J connectivity index is 2.19. The average Bonchev–Trinajstić information content (AvgIpc) is 2.46. The molecule has 0 fully saturated rings. The summed E-state index contributed by atoms with van der Waals surface area (Å²) >= 11 is 1.19. The summed E-state index contributed by atoms with van der Waals surface area (Å²) in [5.74, 6) is 0.137. The van der Waals surface area contributed by atoms with Crippen molar-refractivity contribution in [3.05, 3.63) is 52.4 Å². The van der Waals surface area contributed by atoms with Crippen molar-refractivity contribution in [2.24, 2.45) is 0 Å². The molecule has 0 saturated heterocycles. The van der Waals surface area contributed by atoms with Gasteiger partial charge in [0, 0.05) is 22.5 Å². The van der Waals surface area contributed by atoms with Crippen molar-refractivity contribution in [1.29, 1.82) is 5.26 Å². The number of H-pyrrole nitrogens is 1. The summed E-state index contributed by atoms with van der Waals surface area (Å²) in [7, 11) is 0. The van der Waals surface area contributed by atoms with E-state index < -0.39 is 0 Å². The largest absolute Gasteiger partial charge is 0.383 e. The molecule has 0 atom stereocenters. The lowest BCUT2D eigenvalue weighted by Gasteiger charge is -2.07. The molecule has 0 bridgehead atoms. The number of para-hydroxylation sites is 1. The zero-order valence-corrected chi connectivity index (χ0v) is 11.5. The second kappa shape index (κ2) is 5.26. The molecule has 0 aliphatic heterocycles. The second-order valence-corrected chi connectivity index (χ2v) is 5.21. The number of nitrogens with one attached hydrogen (secondary N) is 1. The Kier molecular flexibility index (Phi) is 3.30. The van der Waals surface area contributed by atoms with Gasteiger partial charge in [-0.3, -0.25) is 9.78 Å². The fourth-order valence-electron chi connectivity index (χ4n) is 1.90. The zero-order chi connectivity index (χ0) is 14.8. The van der Waals surface area contributed by atoms with Crippen LogP contribution in [0.1, 0.15) is 5.56 Å². The quantitative estimate of drug-likeness (QED) is 0.699. The molecule has 2 aromatic heterocycles. The Morgan fingerprint density at radius 1 is 1.33 bits per heavy atom. The SMILES string of the molecule is N#Cc1cnc2ccccc2c1Sc1nc(N)cc(=O)[nH]1. The van der Waals surface area contributed by atoms with Gasteiger partial charge in [0.25, 0.3) is 5.56 Å². The van der Waals surface area contributed by atoms with Crippen LogP contribution in [0.2, 0.25) is 0 Å². The van der Waals surface area contributed by atoms with Gasteiger partial charge in [-0.1, -0.05) is 18.2 Å². The minimum absolute atomic E-state index is 0.137. The second-order valence-electron chi connectivity index (χ2n) is 4.21. The van der Waals surface area contributed by atoms with E-state index in [1.54, 1.807) is 0 Å². The molecule has 102 valence electrons. The molecule has 0 saturated carbocycles. The van der Waals surface area contributed by atoms with Crippen molar-refractivity contribution in [2.75, 3.05) is 5.73 Å². The van der Waals surface area contributed by atoms with E-state index in [0.717, 1.165) is 10.9 Å². The van der Waals surface area contributed by atoms with Gasteiger partial charge in [0.2, 0.25) is 0 Å². The lowest BCUT2D eigenvalue weighted by Crippen LogP contribution is -2.09. The van der Waals surface area contributed by atoms with Crippen LogP contribution in [-0.4, -0.2) is 15.0 Å². The van der Waals surface area contributed by atoms with E-state index in [-0.39, 0.29) is 11.4 Å². The molecule has 0 amide bonds. The van der Waals surface area contributed by atoms with Crippen LogP contribution in [0.4, 0.5) is 5.82 Å². The van der Waals surface area contributed by atoms with E-state index in [4.69, 9.17) is 5.73 Å². The monoisotopic (exact) mass is 295 g/mol. The minimum atomic E-state index is -0.332. The van der Waals surface area contributed by atoms with Crippen molar-refractivity contribution in [2.45, 2.75) is 10.1 Å². The summed E-state index contributed by atoms with van der Waals surface area (Å²) in [4.78, 5) is 23.0. The summed E-state index contributed by atoms with van der Waals surface area (Å²) in [5, 5.41) is 10.4. The van der Waals surface area contributed by atoms with Gasteiger partial charge in [0.05, 0.1) is 11.1 Å². The standard InChI is InChI=1S/C14H9N5OS/c15-6-8-7-17-10-4-2-1-3-9(10)13(8)21-14-18-11(16)5-12(20)19-14/h1-5,7H,(H3,16,18,19,20). The molecular formula is C14H9N5OS. The number of nitrogen functional groups attached to an aromatic ring is 1. The molecule has 6 nitrogen and oxygen atoms in total. The van der Waals surface area contributed by atoms with E-state index >= 15 is 0 Å². The molecule has 3 aromatic rings. The summed E-state index contributed by atoms with van der Waals surface area (Å²) in [6.07, 6.45) is 1.51. The maximum absolute atomic E-state index is 11.5. The van der Waals surface area contributed by atoms with Gasteiger partial charge in [0.1, 0.15) is 11.9 Å². The number of nitrogens with zero attached hydrogens (tertiary/aromatic N) is 3. The van der Waals surface area contributed by atoms with Crippen molar-refractivity contribution in [1.82, 2.24) is 15.0 Å². The first-order valence-corrected chi connectivity index (χ1v) is 6.81. The first-order chi connectivity index (χ1) is 10.2. The van der Waals surface area contributed by atoms with Gasteiger partial charge >= 0.3 is 0 Å². The number of pyridine rings is 1. The fraction of sp³-hybridized carbons (Fsp3) is 0. The number of hydrogen-bond acceptors (Lipinski definition) is 6. The average molecular weight is 295 g/mol. The van der Waals surface area contributed by atoms with E-state index in [0.29, 0.717) is 15.6 Å². The van der Waals surface area contributed by atoms with Crippen molar-refractivity contribution < 1.29 is 0 Å². The number of nitrogens with two attached hydrogens (primary N) is 1. The highest BCUT2D eigenvalue weighted by Gasteiger charge is 2.12. The van der Waals surface area contributed by atoms with Crippen LogP contribution in [0, 0.1) is 11.3 Å². The summed E-state index contributed by atoms with van der Waals surface area (Å²) in [6, 6.07) is 10.8. The van der Waals surface area contributed by atoms with Crippen LogP contribution in [0.3, 0.4) is 0 Å². The molecule has 21 heavy (non-hydrogen) atoms. The number of aromatic nitrogens is 3. The van der Waals surface area contributed by atoms with E-state index in [1.807, 2.05) is 24.3 Å². The Bertz CT molecular complexity index is 929. The molecule has 0 unspecified atom stereocenters. The van der Waals surface area contributed by atoms with Crippen LogP contribution in [0.5, 0.6) is 0 Å². The van der Waals surface area contributed by atoms with Crippen LogP contribution in [0.25, 0.3) is 10.9 Å². The molecule has 3 N–H and O–H groups in total. The smallest absolute Gasteiger partial charge is 0.253 e. The highest BCUT2D eigenvalue weighted by Crippen LogP contribution is 2.33. The Labute approximate surface area is 123 Å². The van der Waals surface area contributed by atoms with Gasteiger partial charge in [-0.25, -0.2) is 4.98 Å². The number of fused-ring (bicyclic) bond motifs is 1. The molecule has 1 aromatic carbocycles. The third-order valence-electron chi connectivity index (χ3n) is 2.78. The summed E-state index contributed by atoms with van der Waals surface area (Å²) in [5.41, 5.74) is 6.43. The molecule has 7 heteroatoms. The minimum Gasteiger partial charge on any atom is -0.383 e. The zero-order valence-electron chi connectivity index (χ0n) is 10.7. The third-order valence-corrected chi connectivity index (χ3v) is 3.82. The Morgan fingerprint density at radius 3 is 2.90 bits per heavy atom. The van der Waals surface area contributed by atoms with E-state index in [1.165, 1.54) is 24.0 Å². The van der Waals surface area contributed by atoms with Crippen molar-refractivity contribution in [3.8, 4) is 6.07 Å². The maximum atomic E-state index is 11.5. The molecule has 0 aliphatic rings. The van der Waals surface area contributed by atoms with Gasteiger partial charge in [0.15, 0.2) is 5.16 Å². The number of rotatable bonds is 2. The van der Waals surface area contributed by atoms with Crippen molar-refractivity contribution >= 4 is 28.5 Å². The van der Waals surface area contributed by atoms with Crippen molar-refractivity contribution in [3.63, 3.8) is 0 Å². The molecule has 0 radical (unpaired) electrons. The Morgan fingerprint density at radius 2 is 2.14 bits per heavy atom. The maximum Gasteiger partial charge on any atom is 0.253 e. The molecule has 0 aliphatic carbocycles. The molecular weight excluding hydrogens is 286 g/mol. The summed E-state index contributed by atoms with van der Waals surface area (Å²) < 4.78 is 0. The molecule has 0 spiro atoms. The van der Waals surface area contributed by atoms with Crippen LogP contribution in [-0.2, 0) is 0 Å². The number of aromatic amines is 1. The summed E-state index contributed by atoms with van der Waals surface area (Å²) in [6.45, 7) is 0. The fourth-order valence-corrected chi connectivity index (χ4v) is 2.89. The Hall–Kier alpha value is -2.85. The lowest BCUT2D eigenvalue weighted by atomic mass is 10.2. The van der Waals surface area contributed by atoms with Gasteiger partial charge in [-0.15, -0.1) is 0 Å². The third kappa shape index (κ3) is 2.57. The normalized spacial score (nSPS) is 10.4. The van der Waals surface area contributed by atoms with Gasteiger partial charge in [-0.2, -0.15) is 5.26 Å². The molecule has 3 rings (SSSR count). The van der Waals surface area contributed by atoms with Crippen LogP contribution < -0.4 is 11.3 Å². The molecule has 2 heterocycles. The predicted octanol–water partition coefficient (Wildman–Crippen LogP) is 1.92. The highest BCUT2D eigenvalue weighted by atomic mass is 32.2. The van der Waals surface area contributed by atoms with Gasteiger partial charge < -0.3 is 10.7 Å². The predicted molar refractivity (Wildman–Crippen MR) is 79.9 cm³/mol. The van der Waals surface area contributed by atoms with E-state index in [2.05, 4.69) is 21.0 Å². The van der Waals surface area contributed by atoms with Crippen LogP contribution >= 0.6 is 11.8 Å². The topological polar surface area (TPSA) is 108 Å². The van der Waals surface area contributed by atoms with E-state index in [9.17, 15) is 10.1 Å². The first kappa shape index (κ1) is 13.1. The number of nitriles is 1. The number of hydrogen-bond donors (Lipinski definition) is 2. The van der Waals surface area contributed by atoms with Gasteiger partial charge in [-0.05, 0) is 17.8 Å². The highest BCUT2D eigenvalue weighted by molar-refractivity contribution is 7.99.